The molecule has 0 spiro atoms. The third kappa shape index (κ3) is 4.27. The minimum absolute atomic E-state index is 0.0764. The standard InChI is InChI=1S/C8H14O2/c1-6(2)7(9)5-8(3,4)10/h10H,1,5H2,2-4H3. The van der Waals surface area contributed by atoms with Crippen LogP contribution in [0.2, 0.25) is 0 Å². The van der Waals surface area contributed by atoms with Crippen LogP contribution in [0, 0.1) is 0 Å². The average molecular weight is 142 g/mol. The third-order valence-electron chi connectivity index (χ3n) is 1.07. The SMILES string of the molecule is C=C(C)C(=O)CC(C)(C)O. The second-order valence-corrected chi connectivity index (χ2v) is 3.19. The number of hydrogen-bond acceptors (Lipinski definition) is 2. The Balaban J connectivity index is 3.93. The van der Waals surface area contributed by atoms with Crippen LogP contribution in [-0.4, -0.2) is 16.5 Å². The van der Waals surface area contributed by atoms with Crippen molar-refractivity contribution >= 4 is 5.78 Å². The van der Waals surface area contributed by atoms with Gasteiger partial charge in [0.25, 0.3) is 0 Å². The Bertz CT molecular complexity index is 151. The quantitative estimate of drug-likeness (QED) is 0.603. The summed E-state index contributed by atoms with van der Waals surface area (Å²) in [6.07, 6.45) is 0.155. The maximum atomic E-state index is 10.9. The van der Waals surface area contributed by atoms with E-state index in [9.17, 15) is 9.90 Å². The first-order valence-corrected chi connectivity index (χ1v) is 3.24. The molecule has 0 aromatic heterocycles. The molecule has 0 aliphatic carbocycles. The number of Topliss-reactive ketones (excluding diaryl/α,β-unsaturated/α-hetero) is 1. The third-order valence-corrected chi connectivity index (χ3v) is 1.07. The van der Waals surface area contributed by atoms with Crippen molar-refractivity contribution in [3.05, 3.63) is 12.2 Å². The zero-order valence-corrected chi connectivity index (χ0v) is 6.77. The van der Waals surface area contributed by atoms with Crippen molar-refractivity contribution in [3.8, 4) is 0 Å². The molecule has 0 aliphatic rings. The van der Waals surface area contributed by atoms with Crippen LogP contribution in [-0.2, 0) is 4.79 Å². The number of carbonyl (C=O) groups excluding carboxylic acids is 1. The summed E-state index contributed by atoms with van der Waals surface area (Å²) in [6, 6.07) is 0. The second kappa shape index (κ2) is 2.97. The Hall–Kier alpha value is -0.630. The van der Waals surface area contributed by atoms with Crippen LogP contribution in [0.15, 0.2) is 12.2 Å². The van der Waals surface area contributed by atoms with Crippen LogP contribution < -0.4 is 0 Å². The number of carbonyl (C=O) groups is 1. The molecule has 1 N–H and O–H groups in total. The molecule has 2 nitrogen and oxygen atoms in total. The molecule has 10 heavy (non-hydrogen) atoms. The topological polar surface area (TPSA) is 37.3 Å². The summed E-state index contributed by atoms with van der Waals surface area (Å²) < 4.78 is 0. The van der Waals surface area contributed by atoms with E-state index in [4.69, 9.17) is 0 Å². The molecule has 0 fully saturated rings. The molecular weight excluding hydrogens is 128 g/mol. The lowest BCUT2D eigenvalue weighted by Gasteiger charge is -2.15. The van der Waals surface area contributed by atoms with Crippen LogP contribution in [0.25, 0.3) is 0 Å². The fourth-order valence-corrected chi connectivity index (χ4v) is 0.544. The molecular formula is C8H14O2. The van der Waals surface area contributed by atoms with Gasteiger partial charge in [-0.05, 0) is 26.3 Å². The summed E-state index contributed by atoms with van der Waals surface area (Å²) in [6.45, 7) is 8.34. The molecule has 0 saturated carbocycles. The first kappa shape index (κ1) is 9.37. The molecule has 0 saturated heterocycles. The van der Waals surface area contributed by atoms with Crippen molar-refractivity contribution in [1.82, 2.24) is 0 Å². The van der Waals surface area contributed by atoms with Gasteiger partial charge in [-0.15, -0.1) is 0 Å². The predicted octanol–water partition coefficient (Wildman–Crippen LogP) is 1.29. The number of allylic oxidation sites excluding steroid dienone is 1. The highest BCUT2D eigenvalue weighted by Gasteiger charge is 2.17. The molecule has 58 valence electrons. The minimum Gasteiger partial charge on any atom is -0.390 e. The van der Waals surface area contributed by atoms with Gasteiger partial charge in [0.15, 0.2) is 5.78 Å². The second-order valence-electron chi connectivity index (χ2n) is 3.19. The van der Waals surface area contributed by atoms with E-state index in [1.807, 2.05) is 0 Å². The van der Waals surface area contributed by atoms with E-state index in [1.165, 1.54) is 0 Å². The maximum absolute atomic E-state index is 10.9. The molecule has 0 heterocycles. The van der Waals surface area contributed by atoms with Gasteiger partial charge in [0.1, 0.15) is 0 Å². The van der Waals surface area contributed by atoms with E-state index in [-0.39, 0.29) is 12.2 Å². The summed E-state index contributed by atoms with van der Waals surface area (Å²) in [7, 11) is 0. The smallest absolute Gasteiger partial charge is 0.160 e. The summed E-state index contributed by atoms with van der Waals surface area (Å²) in [4.78, 5) is 10.9. The Morgan fingerprint density at radius 2 is 2.00 bits per heavy atom. The fraction of sp³-hybridized carbons (Fsp3) is 0.625. The monoisotopic (exact) mass is 142 g/mol. The minimum atomic E-state index is -0.907. The molecule has 2 heteroatoms. The molecule has 0 aromatic rings. The van der Waals surface area contributed by atoms with Crippen LogP contribution in [0.5, 0.6) is 0 Å². The lowest BCUT2D eigenvalue weighted by Crippen LogP contribution is -2.23. The first-order valence-electron chi connectivity index (χ1n) is 3.24. The maximum Gasteiger partial charge on any atom is 0.160 e. The van der Waals surface area contributed by atoms with Gasteiger partial charge >= 0.3 is 0 Å². The number of rotatable bonds is 3. The molecule has 0 amide bonds. The normalized spacial score (nSPS) is 11.2. The van der Waals surface area contributed by atoms with E-state index >= 15 is 0 Å². The van der Waals surface area contributed by atoms with Gasteiger partial charge in [-0.25, -0.2) is 0 Å². The molecule has 0 radical (unpaired) electrons. The highest BCUT2D eigenvalue weighted by Crippen LogP contribution is 2.10. The zero-order chi connectivity index (χ0) is 8.36. The molecule has 0 aromatic carbocycles. The van der Waals surface area contributed by atoms with Gasteiger partial charge in [0.2, 0.25) is 0 Å². The molecule has 0 atom stereocenters. The number of aliphatic hydroxyl groups is 1. The fourth-order valence-electron chi connectivity index (χ4n) is 0.544. The van der Waals surface area contributed by atoms with Crippen molar-refractivity contribution in [2.24, 2.45) is 0 Å². The van der Waals surface area contributed by atoms with E-state index < -0.39 is 5.60 Å². The molecule has 0 rings (SSSR count). The summed E-state index contributed by atoms with van der Waals surface area (Å²) >= 11 is 0. The highest BCUT2D eigenvalue weighted by atomic mass is 16.3. The van der Waals surface area contributed by atoms with Crippen molar-refractivity contribution in [2.75, 3.05) is 0 Å². The highest BCUT2D eigenvalue weighted by molar-refractivity contribution is 5.94. The van der Waals surface area contributed by atoms with Crippen LogP contribution in [0.1, 0.15) is 27.2 Å². The average Bonchev–Trinajstić information content (AvgIpc) is 1.60. The van der Waals surface area contributed by atoms with Gasteiger partial charge in [-0.3, -0.25) is 4.79 Å². The summed E-state index contributed by atoms with van der Waals surface area (Å²) in [5, 5.41) is 9.18. The Morgan fingerprint density at radius 3 is 2.10 bits per heavy atom. The Morgan fingerprint density at radius 1 is 1.60 bits per heavy atom. The van der Waals surface area contributed by atoms with E-state index in [1.54, 1.807) is 20.8 Å². The van der Waals surface area contributed by atoms with E-state index in [0.717, 1.165) is 0 Å². The van der Waals surface area contributed by atoms with Crippen molar-refractivity contribution in [1.29, 1.82) is 0 Å². The predicted molar refractivity (Wildman–Crippen MR) is 40.7 cm³/mol. The number of ketones is 1. The van der Waals surface area contributed by atoms with E-state index in [2.05, 4.69) is 6.58 Å². The van der Waals surface area contributed by atoms with Gasteiger partial charge in [-0.2, -0.15) is 0 Å². The lowest BCUT2D eigenvalue weighted by molar-refractivity contribution is -0.119. The van der Waals surface area contributed by atoms with E-state index in [0.29, 0.717) is 5.57 Å². The van der Waals surface area contributed by atoms with Gasteiger partial charge in [-0.1, -0.05) is 6.58 Å². The van der Waals surface area contributed by atoms with Crippen molar-refractivity contribution in [3.63, 3.8) is 0 Å². The van der Waals surface area contributed by atoms with Crippen LogP contribution in [0.3, 0.4) is 0 Å². The van der Waals surface area contributed by atoms with Crippen LogP contribution in [0.4, 0.5) is 0 Å². The zero-order valence-electron chi connectivity index (χ0n) is 6.77. The Labute approximate surface area is 61.6 Å². The van der Waals surface area contributed by atoms with Gasteiger partial charge in [0.05, 0.1) is 5.60 Å². The first-order chi connectivity index (χ1) is 4.33. The Kier molecular flexibility index (Phi) is 2.78. The lowest BCUT2D eigenvalue weighted by atomic mass is 9.99. The van der Waals surface area contributed by atoms with Crippen molar-refractivity contribution in [2.45, 2.75) is 32.8 Å². The summed E-state index contributed by atoms with van der Waals surface area (Å²) in [5.74, 6) is -0.0764. The summed E-state index contributed by atoms with van der Waals surface area (Å²) in [5.41, 5.74) is -0.405. The molecule has 0 bridgehead atoms. The molecule has 0 aliphatic heterocycles. The molecule has 0 unspecified atom stereocenters. The van der Waals surface area contributed by atoms with Crippen molar-refractivity contribution < 1.29 is 9.90 Å². The van der Waals surface area contributed by atoms with Gasteiger partial charge in [0, 0.05) is 6.42 Å². The van der Waals surface area contributed by atoms with Gasteiger partial charge < -0.3 is 5.11 Å². The van der Waals surface area contributed by atoms with Crippen LogP contribution >= 0.6 is 0 Å². The largest absolute Gasteiger partial charge is 0.390 e. The number of hydrogen-bond donors (Lipinski definition) is 1.